The molecule has 0 atom stereocenters. The summed E-state index contributed by atoms with van der Waals surface area (Å²) in [6.45, 7) is 6.43. The van der Waals surface area contributed by atoms with Crippen LogP contribution < -0.4 is 0 Å². The highest BCUT2D eigenvalue weighted by Gasteiger charge is 2.16. The number of rotatable bonds is 0. The molecule has 0 fully saturated rings. The SMILES string of the molecule is CC(C)(C)c1ccn2c(Br)cnc2n1. The summed E-state index contributed by atoms with van der Waals surface area (Å²) >= 11 is 3.40. The van der Waals surface area contributed by atoms with E-state index in [0.717, 1.165) is 16.1 Å². The Labute approximate surface area is 91.3 Å². The van der Waals surface area contributed by atoms with Crippen LogP contribution in [0.3, 0.4) is 0 Å². The minimum Gasteiger partial charge on any atom is -0.278 e. The zero-order chi connectivity index (χ0) is 10.3. The molecule has 2 heterocycles. The highest BCUT2D eigenvalue weighted by atomic mass is 79.9. The van der Waals surface area contributed by atoms with E-state index in [2.05, 4.69) is 46.7 Å². The first-order chi connectivity index (χ1) is 6.48. The van der Waals surface area contributed by atoms with Crippen molar-refractivity contribution >= 4 is 21.7 Å². The van der Waals surface area contributed by atoms with Gasteiger partial charge in [-0.15, -0.1) is 0 Å². The van der Waals surface area contributed by atoms with E-state index in [1.165, 1.54) is 0 Å². The van der Waals surface area contributed by atoms with Gasteiger partial charge >= 0.3 is 0 Å². The van der Waals surface area contributed by atoms with Crippen LogP contribution in [0.5, 0.6) is 0 Å². The van der Waals surface area contributed by atoms with E-state index in [-0.39, 0.29) is 5.41 Å². The molecule has 0 aliphatic carbocycles. The summed E-state index contributed by atoms with van der Waals surface area (Å²) in [5.41, 5.74) is 1.13. The fourth-order valence-corrected chi connectivity index (χ4v) is 1.64. The van der Waals surface area contributed by atoms with Crippen molar-refractivity contribution in [1.29, 1.82) is 0 Å². The number of nitrogens with zero attached hydrogens (tertiary/aromatic N) is 3. The van der Waals surface area contributed by atoms with Gasteiger partial charge in [-0.1, -0.05) is 20.8 Å². The van der Waals surface area contributed by atoms with Gasteiger partial charge in [0.1, 0.15) is 4.60 Å². The summed E-state index contributed by atoms with van der Waals surface area (Å²) in [6, 6.07) is 2.03. The molecule has 0 radical (unpaired) electrons. The maximum Gasteiger partial charge on any atom is 0.234 e. The van der Waals surface area contributed by atoms with Crippen molar-refractivity contribution in [2.75, 3.05) is 0 Å². The van der Waals surface area contributed by atoms with Crippen molar-refractivity contribution in [2.45, 2.75) is 26.2 Å². The van der Waals surface area contributed by atoms with Crippen molar-refractivity contribution in [3.05, 3.63) is 28.8 Å². The average Bonchev–Trinajstić information content (AvgIpc) is 2.46. The maximum absolute atomic E-state index is 4.49. The highest BCUT2D eigenvalue weighted by molar-refractivity contribution is 9.10. The van der Waals surface area contributed by atoms with Crippen molar-refractivity contribution in [2.24, 2.45) is 0 Å². The van der Waals surface area contributed by atoms with Crippen LogP contribution in [0.1, 0.15) is 26.5 Å². The third-order valence-corrected chi connectivity index (χ3v) is 2.69. The molecule has 0 unspecified atom stereocenters. The van der Waals surface area contributed by atoms with Gasteiger partial charge in [0.05, 0.1) is 11.9 Å². The molecule has 0 bridgehead atoms. The van der Waals surface area contributed by atoms with Crippen LogP contribution in [0.2, 0.25) is 0 Å². The van der Waals surface area contributed by atoms with E-state index in [4.69, 9.17) is 0 Å². The van der Waals surface area contributed by atoms with Gasteiger partial charge in [-0.3, -0.25) is 4.40 Å². The smallest absolute Gasteiger partial charge is 0.234 e. The molecule has 0 amide bonds. The third kappa shape index (κ3) is 1.54. The fourth-order valence-electron chi connectivity index (χ4n) is 1.26. The Morgan fingerprint density at radius 2 is 2.07 bits per heavy atom. The largest absolute Gasteiger partial charge is 0.278 e. The van der Waals surface area contributed by atoms with Crippen molar-refractivity contribution in [1.82, 2.24) is 14.4 Å². The molecule has 0 aliphatic rings. The van der Waals surface area contributed by atoms with E-state index in [1.54, 1.807) is 6.20 Å². The summed E-state index contributed by atoms with van der Waals surface area (Å²) in [7, 11) is 0. The quantitative estimate of drug-likeness (QED) is 0.723. The van der Waals surface area contributed by atoms with Crippen molar-refractivity contribution in [3.63, 3.8) is 0 Å². The Hall–Kier alpha value is -0.900. The summed E-state index contributed by atoms with van der Waals surface area (Å²) in [6.07, 6.45) is 3.74. The van der Waals surface area contributed by atoms with Crippen LogP contribution in [0, 0.1) is 0 Å². The summed E-state index contributed by atoms with van der Waals surface area (Å²) in [4.78, 5) is 8.69. The molecule has 0 aromatic carbocycles. The van der Waals surface area contributed by atoms with Gasteiger partial charge in [-0.05, 0) is 22.0 Å². The van der Waals surface area contributed by atoms with Crippen LogP contribution >= 0.6 is 15.9 Å². The van der Waals surface area contributed by atoms with Gasteiger partial charge in [0, 0.05) is 11.6 Å². The molecule has 3 nitrogen and oxygen atoms in total. The van der Waals surface area contributed by atoms with Crippen molar-refractivity contribution in [3.8, 4) is 0 Å². The molecule has 0 saturated carbocycles. The molecule has 0 spiro atoms. The van der Waals surface area contributed by atoms with E-state index in [0.29, 0.717) is 0 Å². The van der Waals surface area contributed by atoms with Crippen LogP contribution in [0.25, 0.3) is 5.78 Å². The first kappa shape index (κ1) is 9.65. The fraction of sp³-hybridized carbons (Fsp3) is 0.400. The standard InChI is InChI=1S/C10H12BrN3/c1-10(2,3)7-4-5-14-8(11)6-12-9(14)13-7/h4-6H,1-3H3. The van der Waals surface area contributed by atoms with Gasteiger partial charge in [0.25, 0.3) is 0 Å². The van der Waals surface area contributed by atoms with Crippen LogP contribution in [-0.4, -0.2) is 14.4 Å². The molecule has 2 aromatic heterocycles. The number of imidazole rings is 1. The molecule has 0 saturated heterocycles. The highest BCUT2D eigenvalue weighted by Crippen LogP contribution is 2.21. The molecule has 74 valence electrons. The van der Waals surface area contributed by atoms with Gasteiger partial charge in [0.15, 0.2) is 0 Å². The maximum atomic E-state index is 4.49. The summed E-state index contributed by atoms with van der Waals surface area (Å²) in [5, 5.41) is 0. The topological polar surface area (TPSA) is 30.2 Å². The number of hydrogen-bond donors (Lipinski definition) is 0. The zero-order valence-electron chi connectivity index (χ0n) is 8.45. The first-order valence-corrected chi connectivity index (χ1v) is 5.28. The van der Waals surface area contributed by atoms with Crippen LogP contribution in [0.15, 0.2) is 23.1 Å². The lowest BCUT2D eigenvalue weighted by molar-refractivity contribution is 0.568. The summed E-state index contributed by atoms with van der Waals surface area (Å²) < 4.78 is 2.84. The lowest BCUT2D eigenvalue weighted by atomic mass is 9.92. The van der Waals surface area contributed by atoms with Crippen LogP contribution in [0.4, 0.5) is 0 Å². The van der Waals surface area contributed by atoms with Crippen molar-refractivity contribution < 1.29 is 0 Å². The minimum atomic E-state index is 0.0696. The second kappa shape index (κ2) is 3.05. The van der Waals surface area contributed by atoms with Gasteiger partial charge < -0.3 is 0 Å². The molecule has 0 N–H and O–H groups in total. The van der Waals surface area contributed by atoms with E-state index >= 15 is 0 Å². The predicted molar refractivity (Wildman–Crippen MR) is 59.4 cm³/mol. The summed E-state index contributed by atoms with van der Waals surface area (Å²) in [5.74, 6) is 0.740. The Bertz CT molecular complexity index is 468. The molecule has 4 heteroatoms. The first-order valence-electron chi connectivity index (χ1n) is 4.48. The van der Waals surface area contributed by atoms with E-state index < -0.39 is 0 Å². The zero-order valence-corrected chi connectivity index (χ0v) is 10.0. The molecule has 2 rings (SSSR count). The molecule has 0 aliphatic heterocycles. The lowest BCUT2D eigenvalue weighted by Crippen LogP contribution is -2.14. The number of fused-ring (bicyclic) bond motifs is 1. The molecule has 14 heavy (non-hydrogen) atoms. The van der Waals surface area contributed by atoms with Gasteiger partial charge in [-0.25, -0.2) is 9.97 Å². The van der Waals surface area contributed by atoms with Crippen LogP contribution in [-0.2, 0) is 5.41 Å². The Balaban J connectivity index is 2.63. The number of aromatic nitrogens is 3. The average molecular weight is 254 g/mol. The molecule has 2 aromatic rings. The predicted octanol–water partition coefficient (Wildman–Crippen LogP) is 2.79. The monoisotopic (exact) mass is 253 g/mol. The number of hydrogen-bond acceptors (Lipinski definition) is 2. The van der Waals surface area contributed by atoms with E-state index in [9.17, 15) is 0 Å². The van der Waals surface area contributed by atoms with E-state index in [1.807, 2.05) is 16.7 Å². The minimum absolute atomic E-state index is 0.0696. The normalized spacial score (nSPS) is 12.3. The molecular weight excluding hydrogens is 242 g/mol. The second-order valence-corrected chi connectivity index (χ2v) is 5.13. The second-order valence-electron chi connectivity index (χ2n) is 4.31. The lowest BCUT2D eigenvalue weighted by Gasteiger charge is -2.17. The Morgan fingerprint density at radius 1 is 1.36 bits per heavy atom. The van der Waals surface area contributed by atoms with Gasteiger partial charge in [-0.2, -0.15) is 0 Å². The Kier molecular flexibility index (Phi) is 2.10. The third-order valence-electron chi connectivity index (χ3n) is 2.10. The van der Waals surface area contributed by atoms with Gasteiger partial charge in [0.2, 0.25) is 5.78 Å². The molecular formula is C10H12BrN3. The number of halogens is 1. The Morgan fingerprint density at radius 3 is 2.71 bits per heavy atom.